The van der Waals surface area contributed by atoms with Gasteiger partial charge in [0.1, 0.15) is 17.2 Å². The molecule has 1 aromatic carbocycles. The number of halogens is 7. The minimum absolute atomic E-state index is 0.0367. The summed E-state index contributed by atoms with van der Waals surface area (Å²) >= 11 is 0. The zero-order valence-electron chi connectivity index (χ0n) is 14.5. The largest absolute Gasteiger partial charge is 0.490 e. The lowest BCUT2D eigenvalue weighted by Gasteiger charge is -2.41. The van der Waals surface area contributed by atoms with Crippen LogP contribution in [0.15, 0.2) is 23.2 Å². The summed E-state index contributed by atoms with van der Waals surface area (Å²) in [7, 11) is 0. The van der Waals surface area contributed by atoms with E-state index in [0.717, 1.165) is 13.0 Å². The first-order valence-corrected chi connectivity index (χ1v) is 7.36. The SMILES string of the molecule is C[C@@]1(c2cc(N)ccc2F)CO[C@@](C)(C(F)(F)F)C(N)=N1.O=C(O)C(F)(F)F. The van der Waals surface area contributed by atoms with Gasteiger partial charge in [-0.25, -0.2) is 9.18 Å². The monoisotopic (exact) mass is 419 g/mol. The second-order valence-electron chi connectivity index (χ2n) is 6.13. The number of nitrogen functional groups attached to an aromatic ring is 1. The maximum Gasteiger partial charge on any atom is 0.490 e. The third-order valence-electron chi connectivity index (χ3n) is 3.85. The molecular formula is C15H16F7N3O3. The van der Waals surface area contributed by atoms with Gasteiger partial charge in [-0.15, -0.1) is 0 Å². The molecule has 158 valence electrons. The lowest BCUT2D eigenvalue weighted by molar-refractivity contribution is -0.249. The molecule has 0 saturated carbocycles. The van der Waals surface area contributed by atoms with Gasteiger partial charge >= 0.3 is 18.3 Å². The van der Waals surface area contributed by atoms with Crippen LogP contribution in [0.5, 0.6) is 0 Å². The number of aliphatic carboxylic acids is 1. The van der Waals surface area contributed by atoms with E-state index in [4.69, 9.17) is 26.1 Å². The summed E-state index contributed by atoms with van der Waals surface area (Å²) in [5.41, 5.74) is 7.30. The van der Waals surface area contributed by atoms with Gasteiger partial charge in [0.05, 0.1) is 6.61 Å². The molecule has 0 bridgehead atoms. The van der Waals surface area contributed by atoms with Gasteiger partial charge in [-0.3, -0.25) is 4.99 Å². The fourth-order valence-electron chi connectivity index (χ4n) is 2.08. The van der Waals surface area contributed by atoms with Crippen molar-refractivity contribution in [3.63, 3.8) is 0 Å². The second kappa shape index (κ2) is 7.45. The Morgan fingerprint density at radius 1 is 1.18 bits per heavy atom. The molecule has 0 saturated heterocycles. The van der Waals surface area contributed by atoms with Gasteiger partial charge in [-0.1, -0.05) is 0 Å². The highest BCUT2D eigenvalue weighted by molar-refractivity contribution is 5.90. The summed E-state index contributed by atoms with van der Waals surface area (Å²) in [6.07, 6.45) is -9.80. The topological polar surface area (TPSA) is 111 Å². The van der Waals surface area contributed by atoms with Gasteiger partial charge in [0.2, 0.25) is 5.60 Å². The maximum atomic E-state index is 13.9. The number of hydrogen-bond donors (Lipinski definition) is 3. The van der Waals surface area contributed by atoms with Crippen molar-refractivity contribution >= 4 is 17.5 Å². The van der Waals surface area contributed by atoms with Gasteiger partial charge in [0.25, 0.3) is 0 Å². The van der Waals surface area contributed by atoms with Crippen LogP contribution in [0.2, 0.25) is 0 Å². The van der Waals surface area contributed by atoms with Crippen LogP contribution in [-0.2, 0) is 15.1 Å². The van der Waals surface area contributed by atoms with Crippen LogP contribution in [0, 0.1) is 5.82 Å². The van der Waals surface area contributed by atoms with Crippen molar-refractivity contribution in [2.45, 2.75) is 37.3 Å². The predicted octanol–water partition coefficient (Wildman–Crippen LogP) is 2.96. The van der Waals surface area contributed by atoms with Gasteiger partial charge in [-0.2, -0.15) is 26.3 Å². The molecule has 6 nitrogen and oxygen atoms in total. The fourth-order valence-corrected chi connectivity index (χ4v) is 2.08. The van der Waals surface area contributed by atoms with Crippen molar-refractivity contribution in [1.82, 2.24) is 0 Å². The summed E-state index contributed by atoms with van der Waals surface area (Å²) in [4.78, 5) is 12.8. The molecule has 0 amide bonds. The number of ether oxygens (including phenoxy) is 1. The molecule has 0 aliphatic carbocycles. The van der Waals surface area contributed by atoms with Crippen molar-refractivity contribution in [2.24, 2.45) is 10.7 Å². The molecule has 1 aromatic rings. The zero-order chi connectivity index (χ0) is 22.1. The van der Waals surface area contributed by atoms with Gasteiger partial charge < -0.3 is 21.3 Å². The Labute approximate surface area is 154 Å². The average molecular weight is 419 g/mol. The van der Waals surface area contributed by atoms with Crippen molar-refractivity contribution in [3.8, 4) is 0 Å². The molecule has 1 heterocycles. The lowest BCUT2D eigenvalue weighted by atomic mass is 9.89. The molecule has 1 aliphatic heterocycles. The second-order valence-corrected chi connectivity index (χ2v) is 6.13. The number of rotatable bonds is 1. The number of aliphatic imine (C=N–C) groups is 1. The summed E-state index contributed by atoms with van der Waals surface area (Å²) in [6, 6.07) is 3.78. The minimum atomic E-state index is -5.08. The number of nitrogens with zero attached hydrogens (tertiary/aromatic N) is 1. The van der Waals surface area contributed by atoms with Gasteiger partial charge in [0.15, 0.2) is 0 Å². The number of carboxylic acids is 1. The van der Waals surface area contributed by atoms with Crippen LogP contribution >= 0.6 is 0 Å². The third-order valence-corrected chi connectivity index (χ3v) is 3.85. The van der Waals surface area contributed by atoms with E-state index in [1.165, 1.54) is 19.1 Å². The number of alkyl halides is 6. The number of benzene rings is 1. The number of anilines is 1. The molecule has 0 aromatic heterocycles. The molecule has 1 aliphatic rings. The molecule has 28 heavy (non-hydrogen) atoms. The number of carboxylic acid groups (broad SMARTS) is 1. The standard InChI is InChI=1S/C13H15F4N3O.C2HF3O2/c1-11(8-5-7(18)3-4-9(8)14)6-21-12(2,10(19)20-11)13(15,16)17;3-2(4,5)1(6)7/h3-5H,6,18H2,1-2H3,(H2,19,20);(H,6,7)/t11-,12+;/m0./s1. The first kappa shape index (κ1) is 23.5. The Bertz CT molecular complexity index is 779. The molecule has 0 spiro atoms. The number of nitrogens with two attached hydrogens (primary N) is 2. The molecule has 0 fully saturated rings. The van der Waals surface area contributed by atoms with Crippen molar-refractivity contribution in [2.75, 3.05) is 12.3 Å². The molecule has 2 atom stereocenters. The maximum absolute atomic E-state index is 13.9. The number of amidine groups is 1. The van der Waals surface area contributed by atoms with E-state index in [-0.39, 0.29) is 11.3 Å². The fraction of sp³-hybridized carbons (Fsp3) is 0.467. The van der Waals surface area contributed by atoms with Crippen molar-refractivity contribution in [1.29, 1.82) is 0 Å². The highest BCUT2D eigenvalue weighted by atomic mass is 19.4. The molecule has 5 N–H and O–H groups in total. The van der Waals surface area contributed by atoms with E-state index in [1.807, 2.05) is 0 Å². The Morgan fingerprint density at radius 3 is 2.07 bits per heavy atom. The number of carbonyl (C=O) groups is 1. The molecular weight excluding hydrogens is 403 g/mol. The van der Waals surface area contributed by atoms with Crippen LogP contribution in [-0.4, -0.2) is 41.5 Å². The molecule has 2 rings (SSSR count). The minimum Gasteiger partial charge on any atom is -0.475 e. The van der Waals surface area contributed by atoms with Crippen molar-refractivity contribution < 1.29 is 45.4 Å². The highest BCUT2D eigenvalue weighted by Gasteiger charge is 2.59. The third kappa shape index (κ3) is 4.82. The number of hydrogen-bond acceptors (Lipinski definition) is 5. The van der Waals surface area contributed by atoms with E-state index in [0.29, 0.717) is 0 Å². The van der Waals surface area contributed by atoms with E-state index in [9.17, 15) is 30.7 Å². The van der Waals surface area contributed by atoms with Crippen LogP contribution in [0.25, 0.3) is 0 Å². The molecule has 0 radical (unpaired) electrons. The van der Waals surface area contributed by atoms with E-state index in [2.05, 4.69) is 4.99 Å². The Hall–Kier alpha value is -2.57. The predicted molar refractivity (Wildman–Crippen MR) is 83.9 cm³/mol. The quantitative estimate of drug-likeness (QED) is 0.479. The lowest BCUT2D eigenvalue weighted by Crippen LogP contribution is -2.60. The van der Waals surface area contributed by atoms with Crippen molar-refractivity contribution in [3.05, 3.63) is 29.6 Å². The Morgan fingerprint density at radius 2 is 1.68 bits per heavy atom. The van der Waals surface area contributed by atoms with Gasteiger partial charge in [-0.05, 0) is 32.0 Å². The first-order valence-electron chi connectivity index (χ1n) is 7.36. The summed E-state index contributed by atoms with van der Waals surface area (Å²) in [5, 5.41) is 7.12. The van der Waals surface area contributed by atoms with Crippen LogP contribution in [0.1, 0.15) is 19.4 Å². The highest BCUT2D eigenvalue weighted by Crippen LogP contribution is 2.41. The van der Waals surface area contributed by atoms with Crippen LogP contribution in [0.3, 0.4) is 0 Å². The summed E-state index contributed by atoms with van der Waals surface area (Å²) in [6.45, 7) is 1.76. The Kier molecular flexibility index (Phi) is 6.24. The van der Waals surface area contributed by atoms with E-state index < -0.39 is 47.7 Å². The summed E-state index contributed by atoms with van der Waals surface area (Å²) in [5.74, 6) is -4.14. The van der Waals surface area contributed by atoms with E-state index >= 15 is 0 Å². The Balaban J connectivity index is 0.000000480. The normalized spacial score (nSPS) is 25.4. The summed E-state index contributed by atoms with van der Waals surface area (Å²) < 4.78 is 89.5. The van der Waals surface area contributed by atoms with Gasteiger partial charge in [0, 0.05) is 11.3 Å². The van der Waals surface area contributed by atoms with E-state index in [1.54, 1.807) is 0 Å². The first-order chi connectivity index (χ1) is 12.4. The molecule has 13 heteroatoms. The zero-order valence-corrected chi connectivity index (χ0v) is 14.5. The molecule has 0 unspecified atom stereocenters. The van der Waals surface area contributed by atoms with Crippen LogP contribution < -0.4 is 11.5 Å². The smallest absolute Gasteiger partial charge is 0.475 e. The average Bonchev–Trinajstić information content (AvgIpc) is 2.52. The van der Waals surface area contributed by atoms with Crippen LogP contribution in [0.4, 0.5) is 36.4 Å².